The number of halogens is 3. The van der Waals surface area contributed by atoms with E-state index in [0.29, 0.717) is 12.5 Å². The maximum atomic E-state index is 13.6. The van der Waals surface area contributed by atoms with Gasteiger partial charge in [-0.15, -0.1) is 10.2 Å². The highest BCUT2D eigenvalue weighted by molar-refractivity contribution is 7.93. The van der Waals surface area contributed by atoms with Crippen LogP contribution in [-0.2, 0) is 21.0 Å². The molecule has 0 saturated heterocycles. The molecule has 2 N–H and O–H groups in total. The fourth-order valence-electron chi connectivity index (χ4n) is 3.13. The fourth-order valence-corrected chi connectivity index (χ4v) is 4.21. The Balaban J connectivity index is 2.06. The summed E-state index contributed by atoms with van der Waals surface area (Å²) in [5.74, 6) is -1.56. The summed E-state index contributed by atoms with van der Waals surface area (Å²) in [6.45, 7) is 1.91. The first-order valence-electron chi connectivity index (χ1n) is 9.70. The minimum absolute atomic E-state index is 0.0141. The van der Waals surface area contributed by atoms with Crippen LogP contribution in [0.5, 0.6) is 0 Å². The number of carbonyl (C=O) groups is 1. The predicted molar refractivity (Wildman–Crippen MR) is 111 cm³/mol. The summed E-state index contributed by atoms with van der Waals surface area (Å²) < 4.78 is 66.3. The van der Waals surface area contributed by atoms with Crippen LogP contribution in [0.4, 0.5) is 13.2 Å². The average Bonchev–Trinajstić information content (AvgIpc) is 3.24. The molecule has 15 heteroatoms. The van der Waals surface area contributed by atoms with Gasteiger partial charge in [0.1, 0.15) is 24.2 Å². The highest BCUT2D eigenvalue weighted by atomic mass is 32.2. The zero-order valence-electron chi connectivity index (χ0n) is 17.2. The van der Waals surface area contributed by atoms with Gasteiger partial charge in [0.25, 0.3) is 15.6 Å². The lowest BCUT2D eigenvalue weighted by Crippen LogP contribution is -2.45. The smallest absolute Gasteiger partial charge is 0.305 e. The first kappa shape index (κ1) is 24.2. The molecular weight excluding hydrogens is 469 g/mol. The maximum absolute atomic E-state index is 13.6. The number of rotatable bonds is 9. The molecule has 2 heterocycles. The van der Waals surface area contributed by atoms with Crippen LogP contribution in [0.3, 0.4) is 0 Å². The molecule has 0 amide bonds. The lowest BCUT2D eigenvalue weighted by molar-refractivity contribution is -0.137. The molecule has 0 unspecified atom stereocenters. The van der Waals surface area contributed by atoms with Crippen molar-refractivity contribution in [1.29, 1.82) is 0 Å². The monoisotopic (exact) mass is 488 g/mol. The van der Waals surface area contributed by atoms with Crippen LogP contribution in [-0.4, -0.2) is 44.4 Å². The molecule has 0 fully saturated rings. The van der Waals surface area contributed by atoms with E-state index in [1.54, 1.807) is 4.83 Å². The first-order chi connectivity index (χ1) is 15.4. The Morgan fingerprint density at radius 1 is 1.15 bits per heavy atom. The van der Waals surface area contributed by atoms with Crippen molar-refractivity contribution in [2.75, 3.05) is 10.6 Å². The Labute approximate surface area is 184 Å². The number of fused-ring (bicyclic) bond motifs is 1. The van der Waals surface area contributed by atoms with E-state index in [9.17, 15) is 36.0 Å². The van der Waals surface area contributed by atoms with Crippen molar-refractivity contribution < 1.29 is 26.4 Å². The molecular formula is C18H19F3N6O5S. The van der Waals surface area contributed by atoms with E-state index in [0.717, 1.165) is 36.1 Å². The molecule has 0 spiro atoms. The van der Waals surface area contributed by atoms with Gasteiger partial charge in [0.15, 0.2) is 0 Å². The predicted octanol–water partition coefficient (Wildman–Crippen LogP) is 1.31. The third kappa shape index (κ3) is 5.47. The number of hydrogen-bond acceptors (Lipinski definition) is 7. The number of Topliss-reactive ketones (excluding diaryl/α,β-unsaturated/α-hetero) is 1. The van der Waals surface area contributed by atoms with Gasteiger partial charge in [-0.05, 0) is 18.6 Å². The zero-order valence-corrected chi connectivity index (χ0v) is 18.0. The van der Waals surface area contributed by atoms with E-state index in [-0.39, 0.29) is 11.1 Å². The number of hydrogen-bond donors (Lipinski definition) is 2. The van der Waals surface area contributed by atoms with Crippen molar-refractivity contribution in [3.05, 3.63) is 51.2 Å². The summed E-state index contributed by atoms with van der Waals surface area (Å²) in [4.78, 5) is 40.8. The quantitative estimate of drug-likeness (QED) is 0.431. The van der Waals surface area contributed by atoms with Gasteiger partial charge in [-0.1, -0.05) is 19.8 Å². The summed E-state index contributed by atoms with van der Waals surface area (Å²) in [6.07, 6.45) is -0.819. The van der Waals surface area contributed by atoms with Crippen molar-refractivity contribution >= 4 is 26.7 Å². The summed E-state index contributed by atoms with van der Waals surface area (Å²) in [7, 11) is -4.43. The summed E-state index contributed by atoms with van der Waals surface area (Å²) in [6, 6.07) is 1.39. The molecule has 0 aliphatic rings. The minimum atomic E-state index is -4.85. The molecule has 0 aliphatic heterocycles. The second-order valence-electron chi connectivity index (χ2n) is 7.20. The normalized spacial score (nSPS) is 12.2. The van der Waals surface area contributed by atoms with E-state index >= 15 is 0 Å². The van der Waals surface area contributed by atoms with Crippen LogP contribution in [0.2, 0.25) is 0 Å². The third-order valence-electron chi connectivity index (χ3n) is 4.66. The number of nitrogens with one attached hydrogen (secondary N) is 2. The highest BCUT2D eigenvalue weighted by Crippen LogP contribution is 2.35. The molecule has 11 nitrogen and oxygen atoms in total. The van der Waals surface area contributed by atoms with E-state index in [1.165, 1.54) is 0 Å². The van der Waals surface area contributed by atoms with Gasteiger partial charge < -0.3 is 4.98 Å². The summed E-state index contributed by atoms with van der Waals surface area (Å²) in [5, 5.41) is 6.47. The van der Waals surface area contributed by atoms with Crippen molar-refractivity contribution in [3.8, 4) is 5.69 Å². The van der Waals surface area contributed by atoms with Crippen LogP contribution in [0.1, 0.15) is 38.2 Å². The van der Waals surface area contributed by atoms with Gasteiger partial charge in [0, 0.05) is 6.42 Å². The van der Waals surface area contributed by atoms with Crippen LogP contribution < -0.4 is 16.1 Å². The average molecular weight is 488 g/mol. The van der Waals surface area contributed by atoms with E-state index in [4.69, 9.17) is 0 Å². The van der Waals surface area contributed by atoms with Gasteiger partial charge in [-0.3, -0.25) is 14.2 Å². The molecule has 3 rings (SSSR count). The maximum Gasteiger partial charge on any atom is 0.418 e. The highest BCUT2D eigenvalue weighted by Gasteiger charge is 2.35. The van der Waals surface area contributed by atoms with Crippen molar-refractivity contribution in [3.63, 3.8) is 0 Å². The molecule has 2 aromatic heterocycles. The number of aromatic amines is 1. The topological polar surface area (TPSA) is 149 Å². The van der Waals surface area contributed by atoms with E-state index in [2.05, 4.69) is 15.2 Å². The molecule has 178 valence electrons. The largest absolute Gasteiger partial charge is 0.418 e. The molecule has 0 bridgehead atoms. The van der Waals surface area contributed by atoms with Crippen molar-refractivity contribution in [2.45, 2.75) is 38.8 Å². The third-order valence-corrected chi connectivity index (χ3v) is 5.82. The Kier molecular flexibility index (Phi) is 6.71. The molecule has 1 aromatic carbocycles. The second kappa shape index (κ2) is 9.17. The van der Waals surface area contributed by atoms with E-state index in [1.807, 2.05) is 6.92 Å². The summed E-state index contributed by atoms with van der Waals surface area (Å²) >= 11 is 0. The standard InChI is InChI=1S/C18H19F3N6O5S/c1-2-3-4-5-11(28)8-33(31,32)25-27-16(29)12-6-15(26-9-22-23-10-26)13(18(19,20)21)7-14(12)24-17(27)30/h6-7,9-10,25H,2-5,8H2,1H3,(H,24,30). The number of ketones is 1. The zero-order chi connectivity index (χ0) is 24.4. The molecule has 0 aliphatic carbocycles. The molecule has 3 aromatic rings. The van der Waals surface area contributed by atoms with Crippen molar-refractivity contribution in [1.82, 2.24) is 24.4 Å². The summed E-state index contributed by atoms with van der Waals surface area (Å²) in [5.41, 5.74) is -4.69. The Bertz CT molecular complexity index is 1390. The van der Waals surface area contributed by atoms with Crippen molar-refractivity contribution in [2.24, 2.45) is 0 Å². The second-order valence-corrected chi connectivity index (χ2v) is 8.90. The van der Waals surface area contributed by atoms with Gasteiger partial charge in [0.2, 0.25) is 0 Å². The number of H-pyrrole nitrogens is 1. The van der Waals surface area contributed by atoms with Gasteiger partial charge >= 0.3 is 11.9 Å². The molecule has 0 saturated carbocycles. The Morgan fingerprint density at radius 3 is 2.42 bits per heavy atom. The van der Waals surface area contributed by atoms with E-state index < -0.39 is 61.1 Å². The number of nitrogens with zero attached hydrogens (tertiary/aromatic N) is 4. The lowest BCUT2D eigenvalue weighted by Gasteiger charge is -2.15. The van der Waals surface area contributed by atoms with Gasteiger partial charge in [-0.2, -0.15) is 17.8 Å². The molecule has 0 radical (unpaired) electrons. The number of benzene rings is 1. The van der Waals surface area contributed by atoms with Crippen LogP contribution in [0, 0.1) is 0 Å². The van der Waals surface area contributed by atoms with Crippen LogP contribution >= 0.6 is 0 Å². The lowest BCUT2D eigenvalue weighted by atomic mass is 10.1. The van der Waals surface area contributed by atoms with Crippen LogP contribution in [0.25, 0.3) is 16.6 Å². The molecule has 0 atom stereocenters. The van der Waals surface area contributed by atoms with Crippen LogP contribution in [0.15, 0.2) is 34.4 Å². The number of unbranched alkanes of at least 4 members (excludes halogenated alkanes) is 2. The number of aromatic nitrogens is 5. The SMILES string of the molecule is CCCCCC(=O)CS(=O)(=O)Nn1c(=O)[nH]c2cc(C(F)(F)F)c(-n3cnnc3)cc2c1=O. The first-order valence-corrected chi connectivity index (χ1v) is 11.4. The Morgan fingerprint density at radius 2 is 1.82 bits per heavy atom. The number of carbonyl (C=O) groups excluding carboxylic acids is 1. The van der Waals surface area contributed by atoms with Gasteiger partial charge in [-0.25, -0.2) is 18.0 Å². The molecule has 33 heavy (non-hydrogen) atoms. The fraction of sp³-hybridized carbons (Fsp3) is 0.389. The van der Waals surface area contributed by atoms with Gasteiger partial charge in [0.05, 0.1) is 22.2 Å². The minimum Gasteiger partial charge on any atom is -0.305 e. The Hall–Kier alpha value is -3.49. The number of alkyl halides is 3. The number of sulfonamides is 1.